The van der Waals surface area contributed by atoms with Crippen LogP contribution in [0.5, 0.6) is 0 Å². The molecule has 0 saturated carbocycles. The van der Waals surface area contributed by atoms with Crippen molar-refractivity contribution in [2.45, 2.75) is 25.9 Å². The summed E-state index contributed by atoms with van der Waals surface area (Å²) in [6.45, 7) is 2.77. The average molecular weight is 496 g/mol. The van der Waals surface area contributed by atoms with E-state index < -0.39 is 11.7 Å². The second kappa shape index (κ2) is 9.46. The van der Waals surface area contributed by atoms with Crippen molar-refractivity contribution in [1.29, 1.82) is 0 Å². The van der Waals surface area contributed by atoms with Crippen molar-refractivity contribution in [3.63, 3.8) is 0 Å². The number of nitrogens with one attached hydrogen (secondary N) is 1. The van der Waals surface area contributed by atoms with Gasteiger partial charge in [0.2, 0.25) is 0 Å². The first-order chi connectivity index (χ1) is 16.9. The first-order valence-corrected chi connectivity index (χ1v) is 11.7. The minimum Gasteiger partial charge on any atom is -0.472 e. The second-order valence-corrected chi connectivity index (χ2v) is 9.24. The third-order valence-electron chi connectivity index (χ3n) is 5.42. The highest BCUT2D eigenvalue weighted by Crippen LogP contribution is 2.31. The number of rotatable bonds is 7. The van der Waals surface area contributed by atoms with E-state index in [0.29, 0.717) is 11.4 Å². The molecule has 10 heteroatoms. The number of hydrogen-bond acceptors (Lipinski definition) is 7. The summed E-state index contributed by atoms with van der Waals surface area (Å²) >= 11 is 1.63. The van der Waals surface area contributed by atoms with Crippen LogP contribution in [-0.4, -0.2) is 26.5 Å². The van der Waals surface area contributed by atoms with E-state index in [4.69, 9.17) is 9.40 Å². The number of halogens is 3. The maximum Gasteiger partial charge on any atom is 0.419 e. The van der Waals surface area contributed by atoms with Crippen LogP contribution in [0.15, 0.2) is 65.7 Å². The van der Waals surface area contributed by atoms with Crippen LogP contribution >= 0.6 is 11.3 Å². The van der Waals surface area contributed by atoms with Crippen molar-refractivity contribution in [2.24, 2.45) is 0 Å². The number of aromatic nitrogens is 4. The van der Waals surface area contributed by atoms with Gasteiger partial charge < -0.3 is 9.73 Å². The second-order valence-electron chi connectivity index (χ2n) is 8.00. The molecule has 0 atom stereocenters. The van der Waals surface area contributed by atoms with Gasteiger partial charge in [-0.25, -0.2) is 19.9 Å². The first kappa shape index (κ1) is 23.0. The maximum absolute atomic E-state index is 12.7. The van der Waals surface area contributed by atoms with Gasteiger partial charge in [0.1, 0.15) is 16.9 Å². The highest BCUT2D eigenvalue weighted by atomic mass is 32.1. The fourth-order valence-corrected chi connectivity index (χ4v) is 4.52. The van der Waals surface area contributed by atoms with Crippen molar-refractivity contribution in [1.82, 2.24) is 19.9 Å². The molecule has 1 N–H and O–H groups in total. The number of furan rings is 1. The fraction of sp³-hybridized carbons (Fsp3) is 0.200. The molecule has 0 bridgehead atoms. The van der Waals surface area contributed by atoms with Crippen molar-refractivity contribution >= 4 is 27.4 Å². The lowest BCUT2D eigenvalue weighted by Gasteiger charge is -2.09. The molecule has 0 aliphatic carbocycles. The summed E-state index contributed by atoms with van der Waals surface area (Å²) in [6.07, 6.45) is 2.09. The monoisotopic (exact) mass is 495 g/mol. The van der Waals surface area contributed by atoms with Gasteiger partial charge >= 0.3 is 6.18 Å². The molecule has 4 heterocycles. The zero-order chi connectivity index (χ0) is 24.4. The molecule has 178 valence electrons. The predicted octanol–water partition coefficient (Wildman–Crippen LogP) is 6.78. The molecular formula is C25H20F3N5OS. The molecule has 0 fully saturated rings. The van der Waals surface area contributed by atoms with E-state index in [0.717, 1.165) is 58.9 Å². The van der Waals surface area contributed by atoms with Crippen molar-refractivity contribution in [3.05, 3.63) is 77.3 Å². The Kier molecular flexibility index (Phi) is 6.21. The highest BCUT2D eigenvalue weighted by Gasteiger charge is 2.31. The van der Waals surface area contributed by atoms with Gasteiger partial charge in [0.15, 0.2) is 11.6 Å². The number of fused-ring (bicyclic) bond motifs is 1. The van der Waals surface area contributed by atoms with Crippen molar-refractivity contribution in [2.75, 3.05) is 11.9 Å². The summed E-state index contributed by atoms with van der Waals surface area (Å²) in [5.74, 6) is 1.68. The molecule has 0 aliphatic rings. The van der Waals surface area contributed by atoms with Crippen molar-refractivity contribution < 1.29 is 17.6 Å². The Morgan fingerprint density at radius 2 is 1.74 bits per heavy atom. The molecule has 0 aliphatic heterocycles. The standard InChI is InChI=1S/C25H20F3N5OS/c1-15-11-20-23(32-22(33-24(20)35-15)18-8-10-34-14-18)29-9-2-3-16-4-6-17(7-5-16)21-30-12-19(13-31-21)25(26,27)28/h4-8,10-14H,2-3,9H2,1H3,(H,29,32,33). The van der Waals surface area contributed by atoms with Crippen LogP contribution in [0.4, 0.5) is 19.0 Å². The van der Waals surface area contributed by atoms with Crippen LogP contribution in [0.3, 0.4) is 0 Å². The number of alkyl halides is 3. The van der Waals surface area contributed by atoms with Gasteiger partial charge in [-0.15, -0.1) is 11.3 Å². The van der Waals surface area contributed by atoms with Gasteiger partial charge in [-0.1, -0.05) is 24.3 Å². The lowest BCUT2D eigenvalue weighted by atomic mass is 10.1. The Labute approximate surface area is 202 Å². The van der Waals surface area contributed by atoms with E-state index in [9.17, 15) is 13.2 Å². The molecule has 5 aromatic rings. The third kappa shape index (κ3) is 5.17. The summed E-state index contributed by atoms with van der Waals surface area (Å²) in [5.41, 5.74) is 1.75. The molecule has 0 saturated heterocycles. The number of hydrogen-bond donors (Lipinski definition) is 1. The van der Waals surface area contributed by atoms with Crippen LogP contribution in [0.25, 0.3) is 33.0 Å². The first-order valence-electron chi connectivity index (χ1n) is 10.9. The highest BCUT2D eigenvalue weighted by molar-refractivity contribution is 7.18. The maximum atomic E-state index is 12.7. The number of aryl methyl sites for hydroxylation is 2. The summed E-state index contributed by atoms with van der Waals surface area (Å²) in [4.78, 5) is 19.2. The molecule has 0 unspecified atom stereocenters. The normalized spacial score (nSPS) is 11.8. The molecule has 0 amide bonds. The van der Waals surface area contributed by atoms with Crippen LogP contribution in [0, 0.1) is 6.92 Å². The molecule has 0 radical (unpaired) electrons. The van der Waals surface area contributed by atoms with Gasteiger partial charge in [-0.3, -0.25) is 0 Å². The number of benzene rings is 1. The van der Waals surface area contributed by atoms with E-state index in [1.165, 1.54) is 4.88 Å². The van der Waals surface area contributed by atoms with E-state index in [-0.39, 0.29) is 5.82 Å². The topological polar surface area (TPSA) is 76.7 Å². The minimum absolute atomic E-state index is 0.262. The Morgan fingerprint density at radius 3 is 2.43 bits per heavy atom. The zero-order valence-corrected chi connectivity index (χ0v) is 19.5. The molecule has 6 nitrogen and oxygen atoms in total. The molecular weight excluding hydrogens is 475 g/mol. The van der Waals surface area contributed by atoms with Crippen LogP contribution in [0.1, 0.15) is 22.4 Å². The summed E-state index contributed by atoms with van der Waals surface area (Å²) < 4.78 is 43.3. The Morgan fingerprint density at radius 1 is 0.971 bits per heavy atom. The molecule has 4 aromatic heterocycles. The lowest BCUT2D eigenvalue weighted by molar-refractivity contribution is -0.138. The SMILES string of the molecule is Cc1cc2c(NCCCc3ccc(-c4ncc(C(F)(F)F)cn4)cc3)nc(-c3ccoc3)nc2s1. The average Bonchev–Trinajstić information content (AvgIpc) is 3.51. The smallest absolute Gasteiger partial charge is 0.419 e. The minimum atomic E-state index is -4.45. The number of thiophene rings is 1. The molecule has 0 spiro atoms. The number of nitrogens with zero attached hydrogens (tertiary/aromatic N) is 4. The number of anilines is 1. The Balaban J connectivity index is 1.22. The summed E-state index contributed by atoms with van der Waals surface area (Å²) in [6, 6.07) is 11.5. The van der Waals surface area contributed by atoms with Crippen LogP contribution in [0.2, 0.25) is 0 Å². The van der Waals surface area contributed by atoms with Gasteiger partial charge in [0, 0.05) is 29.4 Å². The van der Waals surface area contributed by atoms with E-state index in [1.807, 2.05) is 37.3 Å². The Hall–Kier alpha value is -3.79. The summed E-state index contributed by atoms with van der Waals surface area (Å²) in [5, 5.41) is 4.44. The van der Waals surface area contributed by atoms with E-state index >= 15 is 0 Å². The lowest BCUT2D eigenvalue weighted by Crippen LogP contribution is -2.06. The van der Waals surface area contributed by atoms with Gasteiger partial charge in [-0.2, -0.15) is 13.2 Å². The van der Waals surface area contributed by atoms with Gasteiger partial charge in [-0.05, 0) is 37.5 Å². The Bertz CT molecular complexity index is 1430. The zero-order valence-electron chi connectivity index (χ0n) is 18.6. The quantitative estimate of drug-likeness (QED) is 0.251. The molecule has 35 heavy (non-hydrogen) atoms. The van der Waals surface area contributed by atoms with Gasteiger partial charge in [0.25, 0.3) is 0 Å². The largest absolute Gasteiger partial charge is 0.472 e. The predicted molar refractivity (Wildman–Crippen MR) is 129 cm³/mol. The third-order valence-corrected chi connectivity index (χ3v) is 6.37. The van der Waals surface area contributed by atoms with Gasteiger partial charge in [0.05, 0.1) is 22.8 Å². The summed E-state index contributed by atoms with van der Waals surface area (Å²) in [7, 11) is 0. The van der Waals surface area contributed by atoms with Crippen LogP contribution < -0.4 is 5.32 Å². The van der Waals surface area contributed by atoms with E-state index in [2.05, 4.69) is 26.3 Å². The fourth-order valence-electron chi connectivity index (χ4n) is 3.64. The molecule has 1 aromatic carbocycles. The van der Waals surface area contributed by atoms with Crippen molar-refractivity contribution in [3.8, 4) is 22.8 Å². The molecule has 5 rings (SSSR count). The van der Waals surface area contributed by atoms with E-state index in [1.54, 1.807) is 23.9 Å². The van der Waals surface area contributed by atoms with Crippen LogP contribution in [-0.2, 0) is 12.6 Å².